The van der Waals surface area contributed by atoms with Crippen molar-refractivity contribution < 1.29 is 23.1 Å². The second-order valence-electron chi connectivity index (χ2n) is 5.18. The number of hydrogen-bond acceptors (Lipinski definition) is 5. The van der Waals surface area contributed by atoms with Crippen molar-refractivity contribution in [3.63, 3.8) is 0 Å². The summed E-state index contributed by atoms with van der Waals surface area (Å²) in [6.07, 6.45) is 3.55. The molecule has 0 heterocycles. The molecule has 9 heteroatoms. The van der Waals surface area contributed by atoms with Gasteiger partial charge in [-0.25, -0.2) is 8.42 Å². The average Bonchev–Trinajstić information content (AvgIpc) is 2.34. The minimum Gasteiger partial charge on any atom is -0.507 e. The summed E-state index contributed by atoms with van der Waals surface area (Å²) in [5.41, 5.74) is 4.48. The Balaban J connectivity index is 2.04. The Morgan fingerprint density at radius 3 is 2.45 bits per heavy atom. The summed E-state index contributed by atoms with van der Waals surface area (Å²) in [5, 5.41) is 9.68. The second-order valence-corrected chi connectivity index (χ2v) is 6.93. The van der Waals surface area contributed by atoms with Crippen LogP contribution in [0.5, 0.6) is 5.75 Å². The summed E-state index contributed by atoms with van der Waals surface area (Å²) >= 11 is 0. The molecule has 4 N–H and O–H groups in total. The number of carbonyl (C=O) groups excluding carboxylic acids is 2. The molecule has 0 radical (unpaired) electrons. The summed E-state index contributed by atoms with van der Waals surface area (Å²) in [6, 6.07) is 3.69. The normalized spacial score (nSPS) is 14.8. The van der Waals surface area contributed by atoms with Crippen LogP contribution in [0.25, 0.3) is 0 Å². The molecular formula is C13H17N3O5S. The Morgan fingerprint density at radius 1 is 1.23 bits per heavy atom. The van der Waals surface area contributed by atoms with Gasteiger partial charge in [0.1, 0.15) is 5.75 Å². The number of sulfonamides is 1. The number of hydrazine groups is 1. The minimum absolute atomic E-state index is 0.0906. The molecule has 8 nitrogen and oxygen atoms in total. The van der Waals surface area contributed by atoms with E-state index in [1.54, 1.807) is 0 Å². The van der Waals surface area contributed by atoms with Crippen molar-refractivity contribution in [2.24, 2.45) is 5.92 Å². The molecule has 0 aromatic heterocycles. The summed E-state index contributed by atoms with van der Waals surface area (Å²) in [5.74, 6) is -1.42. The van der Waals surface area contributed by atoms with E-state index in [-0.39, 0.29) is 28.8 Å². The van der Waals surface area contributed by atoms with E-state index in [0.29, 0.717) is 0 Å². The molecule has 0 atom stereocenters. The van der Waals surface area contributed by atoms with Gasteiger partial charge < -0.3 is 5.11 Å². The number of carbonyl (C=O) groups is 2. The zero-order valence-corrected chi connectivity index (χ0v) is 12.7. The van der Waals surface area contributed by atoms with Gasteiger partial charge in [-0.15, -0.1) is 0 Å². The number of benzene rings is 1. The van der Waals surface area contributed by atoms with Crippen LogP contribution in [0.15, 0.2) is 18.2 Å². The van der Waals surface area contributed by atoms with Crippen molar-refractivity contribution in [2.45, 2.75) is 19.3 Å². The maximum atomic E-state index is 12.0. The zero-order chi connectivity index (χ0) is 16.3. The van der Waals surface area contributed by atoms with Gasteiger partial charge in [-0.1, -0.05) is 6.42 Å². The van der Waals surface area contributed by atoms with Gasteiger partial charge in [0.05, 0.1) is 11.8 Å². The summed E-state index contributed by atoms with van der Waals surface area (Å²) in [4.78, 5) is 23.6. The molecule has 2 amide bonds. The van der Waals surface area contributed by atoms with Gasteiger partial charge in [0.15, 0.2) is 0 Å². The molecule has 0 spiro atoms. The van der Waals surface area contributed by atoms with Crippen LogP contribution in [0.4, 0.5) is 5.69 Å². The Morgan fingerprint density at radius 2 is 1.91 bits per heavy atom. The molecule has 0 saturated heterocycles. The molecule has 1 fully saturated rings. The highest BCUT2D eigenvalue weighted by atomic mass is 32.2. The smallest absolute Gasteiger partial charge is 0.273 e. The van der Waals surface area contributed by atoms with Crippen LogP contribution in [-0.2, 0) is 14.8 Å². The van der Waals surface area contributed by atoms with Gasteiger partial charge in [0.25, 0.3) is 5.91 Å². The minimum atomic E-state index is -3.50. The van der Waals surface area contributed by atoms with E-state index < -0.39 is 15.9 Å². The molecule has 0 unspecified atom stereocenters. The lowest BCUT2D eigenvalue weighted by Crippen LogP contribution is -2.46. The topological polar surface area (TPSA) is 125 Å². The van der Waals surface area contributed by atoms with E-state index in [9.17, 15) is 23.1 Å². The van der Waals surface area contributed by atoms with Crippen LogP contribution < -0.4 is 15.6 Å². The highest BCUT2D eigenvalue weighted by molar-refractivity contribution is 7.92. The van der Waals surface area contributed by atoms with Gasteiger partial charge in [0, 0.05) is 11.6 Å². The maximum Gasteiger partial charge on any atom is 0.273 e. The van der Waals surface area contributed by atoms with Crippen molar-refractivity contribution in [1.82, 2.24) is 10.9 Å². The quantitative estimate of drug-likeness (QED) is 0.468. The van der Waals surface area contributed by atoms with Crippen molar-refractivity contribution in [2.75, 3.05) is 11.0 Å². The van der Waals surface area contributed by atoms with Gasteiger partial charge in [0.2, 0.25) is 15.9 Å². The highest BCUT2D eigenvalue weighted by Crippen LogP contribution is 2.26. The lowest BCUT2D eigenvalue weighted by atomic mass is 9.85. The molecule has 1 aliphatic carbocycles. The number of anilines is 1. The molecular weight excluding hydrogens is 310 g/mol. The third-order valence-electron chi connectivity index (χ3n) is 3.32. The van der Waals surface area contributed by atoms with Crippen LogP contribution in [0.1, 0.15) is 29.6 Å². The maximum absolute atomic E-state index is 12.0. The van der Waals surface area contributed by atoms with E-state index >= 15 is 0 Å². The first-order valence-electron chi connectivity index (χ1n) is 6.67. The number of hydrogen-bond donors (Lipinski definition) is 4. The van der Waals surface area contributed by atoms with Gasteiger partial charge >= 0.3 is 0 Å². The number of aromatic hydroxyl groups is 1. The van der Waals surface area contributed by atoms with Crippen LogP contribution >= 0.6 is 0 Å². The van der Waals surface area contributed by atoms with E-state index in [4.69, 9.17) is 0 Å². The van der Waals surface area contributed by atoms with Crippen LogP contribution in [0.2, 0.25) is 0 Å². The van der Waals surface area contributed by atoms with E-state index in [2.05, 4.69) is 15.6 Å². The summed E-state index contributed by atoms with van der Waals surface area (Å²) in [7, 11) is -3.50. The molecule has 1 aromatic carbocycles. The number of nitrogens with one attached hydrogen (secondary N) is 3. The molecule has 1 saturated carbocycles. The van der Waals surface area contributed by atoms with Crippen LogP contribution in [0, 0.1) is 5.92 Å². The molecule has 0 aliphatic heterocycles. The Labute approximate surface area is 127 Å². The monoisotopic (exact) mass is 327 g/mol. The second kappa shape index (κ2) is 6.22. The first-order valence-corrected chi connectivity index (χ1v) is 8.56. The number of phenols is 1. The predicted octanol–water partition coefficient (Wildman–Crippen LogP) is 0.325. The number of rotatable bonds is 4. The van der Waals surface area contributed by atoms with Gasteiger partial charge in [-0.2, -0.15) is 0 Å². The molecule has 1 aromatic rings. The van der Waals surface area contributed by atoms with E-state index in [0.717, 1.165) is 25.5 Å². The third kappa shape index (κ3) is 4.10. The SMILES string of the molecule is CS(=O)(=O)Nc1ccc(O)c(C(=O)NNC(=O)C2CCC2)c1. The standard InChI is InChI=1S/C13H17N3O5S/c1-22(20,21)16-9-5-6-11(17)10(7-9)13(19)15-14-12(18)8-3-2-4-8/h5-8,16-17H,2-4H2,1H3,(H,14,18)(H,15,19). The molecule has 1 aliphatic rings. The lowest BCUT2D eigenvalue weighted by molar-refractivity contribution is -0.128. The molecule has 120 valence electrons. The van der Waals surface area contributed by atoms with Crippen molar-refractivity contribution in [3.05, 3.63) is 23.8 Å². The first kappa shape index (κ1) is 16.1. The van der Waals surface area contributed by atoms with Gasteiger partial charge in [-0.3, -0.25) is 25.2 Å². The van der Waals surface area contributed by atoms with Crippen molar-refractivity contribution in [3.8, 4) is 5.75 Å². The Bertz CT molecular complexity index is 698. The predicted molar refractivity (Wildman–Crippen MR) is 79.5 cm³/mol. The van der Waals surface area contributed by atoms with E-state index in [1.165, 1.54) is 18.2 Å². The molecule has 22 heavy (non-hydrogen) atoms. The number of amides is 2. The molecule has 0 bridgehead atoms. The fraction of sp³-hybridized carbons (Fsp3) is 0.385. The van der Waals surface area contributed by atoms with Crippen LogP contribution in [0.3, 0.4) is 0 Å². The Kier molecular flexibility index (Phi) is 4.55. The largest absolute Gasteiger partial charge is 0.507 e. The summed E-state index contributed by atoms with van der Waals surface area (Å²) in [6.45, 7) is 0. The molecule has 2 rings (SSSR count). The lowest BCUT2D eigenvalue weighted by Gasteiger charge is -2.24. The summed E-state index contributed by atoms with van der Waals surface area (Å²) < 4.78 is 24.5. The highest BCUT2D eigenvalue weighted by Gasteiger charge is 2.25. The third-order valence-corrected chi connectivity index (χ3v) is 3.93. The number of phenolic OH excluding ortho intramolecular Hbond substituents is 1. The van der Waals surface area contributed by atoms with Crippen molar-refractivity contribution in [1.29, 1.82) is 0 Å². The fourth-order valence-corrected chi connectivity index (χ4v) is 2.51. The first-order chi connectivity index (χ1) is 10.3. The van der Waals surface area contributed by atoms with E-state index in [1.807, 2.05) is 0 Å². The van der Waals surface area contributed by atoms with Crippen molar-refractivity contribution >= 4 is 27.5 Å². The zero-order valence-electron chi connectivity index (χ0n) is 11.9. The Hall–Kier alpha value is -2.29. The van der Waals surface area contributed by atoms with Gasteiger partial charge in [-0.05, 0) is 31.0 Å². The average molecular weight is 327 g/mol. The fourth-order valence-electron chi connectivity index (χ4n) is 1.95. The van der Waals surface area contributed by atoms with Crippen LogP contribution in [-0.4, -0.2) is 31.6 Å².